The second kappa shape index (κ2) is 4.42. The quantitative estimate of drug-likeness (QED) is 0.848. The molecule has 2 rings (SSSR count). The Kier molecular flexibility index (Phi) is 3.15. The van der Waals surface area contributed by atoms with Gasteiger partial charge in [-0.25, -0.2) is 4.39 Å². The van der Waals surface area contributed by atoms with Crippen molar-refractivity contribution in [2.45, 2.75) is 25.8 Å². The van der Waals surface area contributed by atoms with Crippen LogP contribution in [-0.4, -0.2) is 13.6 Å². The lowest BCUT2D eigenvalue weighted by molar-refractivity contribution is 0.592. The molecule has 1 atom stereocenters. The SMILES string of the molecule is CC(N)c1c(F)cccc1N(C)CC1CC1. The summed E-state index contributed by atoms with van der Waals surface area (Å²) >= 11 is 0. The fraction of sp³-hybridized carbons (Fsp3) is 0.538. The number of halogens is 1. The summed E-state index contributed by atoms with van der Waals surface area (Å²) in [6, 6.07) is 4.91. The summed E-state index contributed by atoms with van der Waals surface area (Å²) in [4.78, 5) is 2.12. The molecule has 0 aliphatic heterocycles. The minimum atomic E-state index is -0.266. The standard InChI is InChI=1S/C13H19FN2/c1-9(15)13-11(14)4-3-5-12(13)16(2)8-10-6-7-10/h3-5,9-10H,6-8,15H2,1-2H3. The maximum atomic E-state index is 13.7. The van der Waals surface area contributed by atoms with Gasteiger partial charge in [0.1, 0.15) is 5.82 Å². The van der Waals surface area contributed by atoms with E-state index in [-0.39, 0.29) is 11.9 Å². The average molecular weight is 222 g/mol. The van der Waals surface area contributed by atoms with Gasteiger partial charge in [0, 0.05) is 30.9 Å². The zero-order valence-corrected chi connectivity index (χ0v) is 9.91. The van der Waals surface area contributed by atoms with E-state index in [4.69, 9.17) is 5.73 Å². The predicted octanol–water partition coefficient (Wildman–Crippen LogP) is 2.69. The third-order valence-electron chi connectivity index (χ3n) is 3.13. The summed E-state index contributed by atoms with van der Waals surface area (Å²) in [5.41, 5.74) is 7.40. The molecular weight excluding hydrogens is 203 g/mol. The Morgan fingerprint density at radius 2 is 2.19 bits per heavy atom. The molecule has 0 spiro atoms. The van der Waals surface area contributed by atoms with E-state index < -0.39 is 0 Å². The van der Waals surface area contributed by atoms with Gasteiger partial charge in [-0.15, -0.1) is 0 Å². The van der Waals surface area contributed by atoms with Crippen LogP contribution in [0.5, 0.6) is 0 Å². The van der Waals surface area contributed by atoms with Gasteiger partial charge in [-0.3, -0.25) is 0 Å². The fourth-order valence-electron chi connectivity index (χ4n) is 2.10. The molecule has 1 saturated carbocycles. The number of hydrogen-bond acceptors (Lipinski definition) is 2. The molecule has 1 aromatic rings. The summed E-state index contributed by atoms with van der Waals surface area (Å²) in [6.07, 6.45) is 2.60. The minimum absolute atomic E-state index is 0.199. The molecule has 1 fully saturated rings. The van der Waals surface area contributed by atoms with Gasteiger partial charge in [0.05, 0.1) is 0 Å². The average Bonchev–Trinajstić information content (AvgIpc) is 3.00. The van der Waals surface area contributed by atoms with Gasteiger partial charge in [-0.2, -0.15) is 0 Å². The number of rotatable bonds is 4. The van der Waals surface area contributed by atoms with E-state index in [2.05, 4.69) is 4.90 Å². The molecule has 1 aromatic carbocycles. The van der Waals surface area contributed by atoms with E-state index >= 15 is 0 Å². The van der Waals surface area contributed by atoms with Crippen LogP contribution in [0, 0.1) is 11.7 Å². The van der Waals surface area contributed by atoms with Gasteiger partial charge in [0.25, 0.3) is 0 Å². The number of nitrogens with two attached hydrogens (primary N) is 1. The topological polar surface area (TPSA) is 29.3 Å². The van der Waals surface area contributed by atoms with Gasteiger partial charge < -0.3 is 10.6 Å². The summed E-state index contributed by atoms with van der Waals surface area (Å²) in [7, 11) is 2.01. The lowest BCUT2D eigenvalue weighted by Crippen LogP contribution is -2.23. The Balaban J connectivity index is 2.26. The minimum Gasteiger partial charge on any atom is -0.374 e. The van der Waals surface area contributed by atoms with Gasteiger partial charge in [-0.1, -0.05) is 6.07 Å². The van der Waals surface area contributed by atoms with Crippen LogP contribution in [0.3, 0.4) is 0 Å². The van der Waals surface area contributed by atoms with Crippen molar-refractivity contribution in [3.8, 4) is 0 Å². The molecule has 1 unspecified atom stereocenters. The second-order valence-electron chi connectivity index (χ2n) is 4.79. The van der Waals surface area contributed by atoms with Crippen LogP contribution in [-0.2, 0) is 0 Å². The van der Waals surface area contributed by atoms with Crippen LogP contribution in [0.15, 0.2) is 18.2 Å². The van der Waals surface area contributed by atoms with Gasteiger partial charge in [0.2, 0.25) is 0 Å². The molecule has 1 aliphatic carbocycles. The highest BCUT2D eigenvalue weighted by Crippen LogP contribution is 2.33. The summed E-state index contributed by atoms with van der Waals surface area (Å²) in [5.74, 6) is 0.587. The Morgan fingerprint density at radius 1 is 1.50 bits per heavy atom. The Morgan fingerprint density at radius 3 is 2.75 bits per heavy atom. The zero-order chi connectivity index (χ0) is 11.7. The van der Waals surface area contributed by atoms with Crippen molar-refractivity contribution in [2.75, 3.05) is 18.5 Å². The molecule has 2 nitrogen and oxygen atoms in total. The second-order valence-corrected chi connectivity index (χ2v) is 4.79. The van der Waals surface area contributed by atoms with E-state index in [1.54, 1.807) is 6.07 Å². The van der Waals surface area contributed by atoms with Crippen LogP contribution >= 0.6 is 0 Å². The fourth-order valence-corrected chi connectivity index (χ4v) is 2.10. The summed E-state index contributed by atoms with van der Waals surface area (Å²) in [5, 5.41) is 0. The van der Waals surface area contributed by atoms with Crippen molar-refractivity contribution >= 4 is 5.69 Å². The van der Waals surface area contributed by atoms with Crippen molar-refractivity contribution in [2.24, 2.45) is 11.7 Å². The number of anilines is 1. The first-order valence-corrected chi connectivity index (χ1v) is 5.84. The Bertz CT molecular complexity index is 372. The van der Waals surface area contributed by atoms with Crippen molar-refractivity contribution in [3.05, 3.63) is 29.6 Å². The number of hydrogen-bond donors (Lipinski definition) is 1. The first-order chi connectivity index (χ1) is 7.59. The van der Waals surface area contributed by atoms with Crippen LogP contribution in [0.4, 0.5) is 10.1 Å². The Hall–Kier alpha value is -1.09. The molecule has 0 radical (unpaired) electrons. The molecular formula is C13H19FN2. The maximum Gasteiger partial charge on any atom is 0.130 e. The molecule has 1 aliphatic rings. The molecule has 88 valence electrons. The highest BCUT2D eigenvalue weighted by atomic mass is 19.1. The molecule has 3 heteroatoms. The van der Waals surface area contributed by atoms with Crippen LogP contribution in [0.1, 0.15) is 31.4 Å². The van der Waals surface area contributed by atoms with Gasteiger partial charge >= 0.3 is 0 Å². The van der Waals surface area contributed by atoms with Crippen LogP contribution in [0.2, 0.25) is 0 Å². The maximum absolute atomic E-state index is 13.7. The van der Waals surface area contributed by atoms with E-state index in [0.29, 0.717) is 5.56 Å². The van der Waals surface area contributed by atoms with E-state index in [0.717, 1.165) is 18.2 Å². The smallest absolute Gasteiger partial charge is 0.130 e. The Labute approximate surface area is 96.2 Å². The highest BCUT2D eigenvalue weighted by molar-refractivity contribution is 5.55. The first-order valence-electron chi connectivity index (χ1n) is 5.84. The molecule has 0 heterocycles. The highest BCUT2D eigenvalue weighted by Gasteiger charge is 2.24. The molecule has 0 saturated heterocycles. The molecule has 16 heavy (non-hydrogen) atoms. The zero-order valence-electron chi connectivity index (χ0n) is 9.91. The van der Waals surface area contributed by atoms with Crippen molar-refractivity contribution < 1.29 is 4.39 Å². The summed E-state index contributed by atoms with van der Waals surface area (Å²) in [6.45, 7) is 2.83. The van der Waals surface area contributed by atoms with Crippen LogP contribution in [0.25, 0.3) is 0 Å². The van der Waals surface area contributed by atoms with E-state index in [1.165, 1.54) is 18.9 Å². The van der Waals surface area contributed by atoms with Crippen molar-refractivity contribution in [1.82, 2.24) is 0 Å². The van der Waals surface area contributed by atoms with Gasteiger partial charge in [0.15, 0.2) is 0 Å². The van der Waals surface area contributed by atoms with Crippen molar-refractivity contribution in [3.63, 3.8) is 0 Å². The number of nitrogens with zero attached hydrogens (tertiary/aromatic N) is 1. The predicted molar refractivity (Wildman–Crippen MR) is 65.0 cm³/mol. The normalized spacial score (nSPS) is 17.2. The van der Waals surface area contributed by atoms with Gasteiger partial charge in [-0.05, 0) is 37.8 Å². The first kappa shape index (κ1) is 11.4. The molecule has 0 bridgehead atoms. The lowest BCUT2D eigenvalue weighted by Gasteiger charge is -2.24. The molecule has 0 aromatic heterocycles. The third kappa shape index (κ3) is 2.35. The largest absolute Gasteiger partial charge is 0.374 e. The van der Waals surface area contributed by atoms with Crippen molar-refractivity contribution in [1.29, 1.82) is 0 Å². The monoisotopic (exact) mass is 222 g/mol. The molecule has 0 amide bonds. The third-order valence-corrected chi connectivity index (χ3v) is 3.13. The van der Waals surface area contributed by atoms with E-state index in [9.17, 15) is 4.39 Å². The summed E-state index contributed by atoms with van der Waals surface area (Å²) < 4.78 is 13.7. The lowest BCUT2D eigenvalue weighted by atomic mass is 10.1. The number of benzene rings is 1. The van der Waals surface area contributed by atoms with E-state index in [1.807, 2.05) is 20.0 Å². The van der Waals surface area contributed by atoms with Crippen LogP contribution < -0.4 is 10.6 Å². The molecule has 2 N–H and O–H groups in total.